The maximum absolute atomic E-state index is 12.6. The summed E-state index contributed by atoms with van der Waals surface area (Å²) >= 11 is 0. The van der Waals surface area contributed by atoms with E-state index in [9.17, 15) is 5.11 Å². The highest BCUT2D eigenvalue weighted by atomic mass is 16.3. The van der Waals surface area contributed by atoms with E-state index in [1.807, 2.05) is 0 Å². The molecule has 0 bridgehead atoms. The molecule has 0 amide bonds. The van der Waals surface area contributed by atoms with E-state index in [4.69, 9.17) is 0 Å². The van der Waals surface area contributed by atoms with Crippen LogP contribution in [0.1, 0.15) is 50.7 Å². The average molecular weight is 472 g/mol. The zero-order chi connectivity index (χ0) is 24.6. The zero-order valence-corrected chi connectivity index (χ0v) is 21.8. The van der Waals surface area contributed by atoms with Crippen molar-refractivity contribution in [2.45, 2.75) is 45.1 Å². The fourth-order valence-electron chi connectivity index (χ4n) is 6.54. The Kier molecular flexibility index (Phi) is 6.54. The number of aliphatic hydroxyl groups is 1. The van der Waals surface area contributed by atoms with E-state index < -0.39 is 5.60 Å². The van der Waals surface area contributed by atoms with Crippen LogP contribution in [0.15, 0.2) is 78.0 Å². The Morgan fingerprint density at radius 2 is 1.66 bits per heavy atom. The fourth-order valence-corrected chi connectivity index (χ4v) is 6.54. The molecule has 0 aliphatic carbocycles. The van der Waals surface area contributed by atoms with E-state index in [1.54, 1.807) is 0 Å². The van der Waals surface area contributed by atoms with Crippen LogP contribution >= 0.6 is 0 Å². The number of likely N-dealkylation sites (tertiary alicyclic amines) is 1. The van der Waals surface area contributed by atoms with Gasteiger partial charge in [0.2, 0.25) is 0 Å². The Morgan fingerprint density at radius 3 is 2.26 bits per heavy atom. The highest BCUT2D eigenvalue weighted by Crippen LogP contribution is 2.51. The van der Waals surface area contributed by atoms with E-state index in [0.29, 0.717) is 11.8 Å². The molecule has 186 valence electrons. The molecule has 3 aliphatic heterocycles. The number of hydrogen-bond acceptors (Lipinski definition) is 4. The lowest BCUT2D eigenvalue weighted by atomic mass is 9.61. The van der Waals surface area contributed by atoms with E-state index >= 15 is 0 Å². The molecule has 3 heterocycles. The smallest absolute Gasteiger partial charge is 0.124 e. The Hall–Kier alpha value is -2.56. The summed E-state index contributed by atoms with van der Waals surface area (Å²) in [5.74, 6) is 1.03. The monoisotopic (exact) mass is 471 g/mol. The van der Waals surface area contributed by atoms with Gasteiger partial charge in [0.1, 0.15) is 5.60 Å². The van der Waals surface area contributed by atoms with Gasteiger partial charge in [0.25, 0.3) is 0 Å². The number of nitrogens with one attached hydrogen (secondary N) is 1. The number of rotatable bonds is 6. The predicted octanol–water partition coefficient (Wildman–Crippen LogP) is 5.28. The lowest BCUT2D eigenvalue weighted by Crippen LogP contribution is -2.64. The van der Waals surface area contributed by atoms with Gasteiger partial charge >= 0.3 is 0 Å². The van der Waals surface area contributed by atoms with Crippen LogP contribution in [0.25, 0.3) is 0 Å². The summed E-state index contributed by atoms with van der Waals surface area (Å²) in [5, 5.41) is 16.1. The molecule has 0 aromatic heterocycles. The minimum absolute atomic E-state index is 0.232. The van der Waals surface area contributed by atoms with Crippen LogP contribution in [0, 0.1) is 11.3 Å². The van der Waals surface area contributed by atoms with Crippen molar-refractivity contribution in [2.24, 2.45) is 11.3 Å². The first-order valence-corrected chi connectivity index (χ1v) is 13.3. The second-order valence-corrected chi connectivity index (χ2v) is 11.5. The van der Waals surface area contributed by atoms with E-state index in [-0.39, 0.29) is 5.41 Å². The molecule has 35 heavy (non-hydrogen) atoms. The van der Waals surface area contributed by atoms with Crippen molar-refractivity contribution in [1.82, 2.24) is 10.2 Å². The fraction of sp³-hybridized carbons (Fsp3) is 0.484. The first-order valence-electron chi connectivity index (χ1n) is 13.3. The van der Waals surface area contributed by atoms with Gasteiger partial charge in [-0.3, -0.25) is 0 Å². The van der Waals surface area contributed by atoms with Gasteiger partial charge in [-0.05, 0) is 60.6 Å². The largest absolute Gasteiger partial charge is 0.387 e. The molecule has 2 N–H and O–H groups in total. The third kappa shape index (κ3) is 4.43. The van der Waals surface area contributed by atoms with Crippen LogP contribution < -0.4 is 10.2 Å². The molecule has 2 aromatic rings. The summed E-state index contributed by atoms with van der Waals surface area (Å²) in [6.45, 7) is 11.5. The highest BCUT2D eigenvalue weighted by Gasteiger charge is 2.56. The second-order valence-electron chi connectivity index (χ2n) is 11.5. The molecule has 3 aliphatic rings. The first kappa shape index (κ1) is 24.1. The Balaban J connectivity index is 1.41. The van der Waals surface area contributed by atoms with E-state index in [1.165, 1.54) is 16.8 Å². The summed E-state index contributed by atoms with van der Waals surface area (Å²) in [6, 6.07) is 19.4. The van der Waals surface area contributed by atoms with Crippen LogP contribution in [0.2, 0.25) is 0 Å². The third-order valence-electron chi connectivity index (χ3n) is 8.57. The molecule has 2 aromatic carbocycles. The van der Waals surface area contributed by atoms with Crippen LogP contribution in [0.4, 0.5) is 5.69 Å². The Morgan fingerprint density at radius 1 is 1.00 bits per heavy atom. The van der Waals surface area contributed by atoms with Gasteiger partial charge in [0, 0.05) is 55.6 Å². The summed E-state index contributed by atoms with van der Waals surface area (Å²) in [5.41, 5.74) is 4.82. The quantitative estimate of drug-likeness (QED) is 0.601. The molecule has 1 atom stereocenters. The number of para-hydroxylation sites is 1. The summed E-state index contributed by atoms with van der Waals surface area (Å²) in [7, 11) is 2.14. The third-order valence-corrected chi connectivity index (χ3v) is 8.57. The summed E-state index contributed by atoms with van der Waals surface area (Å²) in [4.78, 5) is 4.80. The molecule has 0 unspecified atom stereocenters. The minimum atomic E-state index is -1.03. The van der Waals surface area contributed by atoms with Gasteiger partial charge < -0.3 is 20.2 Å². The molecular weight excluding hydrogens is 430 g/mol. The predicted molar refractivity (Wildman–Crippen MR) is 146 cm³/mol. The lowest BCUT2D eigenvalue weighted by Gasteiger charge is -2.56. The van der Waals surface area contributed by atoms with Crippen molar-refractivity contribution in [2.75, 3.05) is 44.7 Å². The van der Waals surface area contributed by atoms with E-state index in [2.05, 4.69) is 110 Å². The van der Waals surface area contributed by atoms with E-state index in [0.717, 1.165) is 56.7 Å². The normalized spacial score (nSPS) is 22.6. The van der Waals surface area contributed by atoms with Crippen molar-refractivity contribution in [3.63, 3.8) is 0 Å². The van der Waals surface area contributed by atoms with Crippen molar-refractivity contribution in [1.29, 1.82) is 0 Å². The van der Waals surface area contributed by atoms with Gasteiger partial charge in [-0.1, -0.05) is 69.3 Å². The molecule has 2 saturated heterocycles. The summed E-state index contributed by atoms with van der Waals surface area (Å²) in [6.07, 6.45) is 6.70. The van der Waals surface area contributed by atoms with Gasteiger partial charge in [-0.15, -0.1) is 0 Å². The lowest BCUT2D eigenvalue weighted by molar-refractivity contribution is -0.128. The van der Waals surface area contributed by atoms with Crippen LogP contribution in [0.5, 0.6) is 0 Å². The number of hydrogen-bond donors (Lipinski definition) is 2. The van der Waals surface area contributed by atoms with Crippen LogP contribution in [-0.2, 0) is 5.60 Å². The van der Waals surface area contributed by atoms with Crippen molar-refractivity contribution < 1.29 is 5.11 Å². The number of nitrogens with zero attached hydrogens (tertiary/aromatic N) is 2. The maximum Gasteiger partial charge on any atom is 0.124 e. The topological polar surface area (TPSA) is 38.7 Å². The van der Waals surface area contributed by atoms with Crippen LogP contribution in [-0.4, -0.2) is 49.8 Å². The van der Waals surface area contributed by atoms with Crippen molar-refractivity contribution >= 4 is 5.69 Å². The zero-order valence-electron chi connectivity index (χ0n) is 21.8. The molecule has 0 saturated carbocycles. The minimum Gasteiger partial charge on any atom is -0.387 e. The van der Waals surface area contributed by atoms with Gasteiger partial charge in [-0.2, -0.15) is 0 Å². The van der Waals surface area contributed by atoms with Gasteiger partial charge in [0.05, 0.1) is 0 Å². The molecule has 2 fully saturated rings. The molecule has 0 spiro atoms. The Labute approximate surface area is 211 Å². The second kappa shape index (κ2) is 9.48. The molecule has 4 heteroatoms. The van der Waals surface area contributed by atoms with Gasteiger partial charge in [-0.25, -0.2) is 0 Å². The average Bonchev–Trinajstić information content (AvgIpc) is 2.88. The first-order chi connectivity index (χ1) is 16.8. The number of piperidine rings is 1. The van der Waals surface area contributed by atoms with Crippen molar-refractivity contribution in [3.8, 4) is 0 Å². The molecule has 0 radical (unpaired) electrons. The number of dihydropyridines is 1. The number of benzene rings is 2. The Bertz CT molecular complexity index is 1070. The highest BCUT2D eigenvalue weighted by molar-refractivity contribution is 5.48. The number of anilines is 1. The standard InChI is InChI=1S/C31H41N3O/c1-23(2)24-10-12-27(13-11-24)31(35,30(3)21-33(4)22-30)28-18-26(19-32-20-28)25-14-16-34(17-15-25)29-8-6-5-7-9-29/h5-13,18,20,23,25,32,35H,14-17,19,21-22H2,1-4H3/t31-/m0/s1. The maximum atomic E-state index is 12.6. The molecule has 4 nitrogen and oxygen atoms in total. The molecule has 5 rings (SSSR count). The van der Waals surface area contributed by atoms with Gasteiger partial charge in [0.15, 0.2) is 0 Å². The van der Waals surface area contributed by atoms with Crippen LogP contribution in [0.3, 0.4) is 0 Å². The molecular formula is C31H41N3O. The summed E-state index contributed by atoms with van der Waals surface area (Å²) < 4.78 is 0. The SMILES string of the molecule is CC(C)c1ccc([C@](O)(C2=CNCC(C3CCN(c4ccccc4)CC3)=C2)C2(C)CN(C)C2)cc1. The van der Waals surface area contributed by atoms with Crippen molar-refractivity contribution in [3.05, 3.63) is 89.1 Å².